The molecule has 4 amide bonds. The van der Waals surface area contributed by atoms with E-state index in [0.29, 0.717) is 36.0 Å². The second kappa shape index (κ2) is 10.9. The molecule has 4 rings (SSSR count). The van der Waals surface area contributed by atoms with Crippen LogP contribution in [0.1, 0.15) is 35.6 Å². The Bertz CT molecular complexity index is 1310. The third-order valence-corrected chi connectivity index (χ3v) is 5.56. The van der Waals surface area contributed by atoms with E-state index in [9.17, 15) is 14.4 Å². The summed E-state index contributed by atoms with van der Waals surface area (Å²) in [5.74, 6) is -0.318. The average Bonchev–Trinajstić information content (AvgIpc) is 2.84. The van der Waals surface area contributed by atoms with Gasteiger partial charge in [0.15, 0.2) is 0 Å². The van der Waals surface area contributed by atoms with E-state index in [1.165, 1.54) is 6.08 Å². The maximum absolute atomic E-state index is 13.3. The average molecular weight is 485 g/mol. The number of nitrogens with one attached hydrogen (secondary N) is 1. The highest BCUT2D eigenvalue weighted by Crippen LogP contribution is 2.27. The highest BCUT2D eigenvalue weighted by Gasteiger charge is 2.37. The van der Waals surface area contributed by atoms with Crippen molar-refractivity contribution < 1.29 is 23.9 Å². The largest absolute Gasteiger partial charge is 0.494 e. The number of amides is 4. The number of rotatable bonds is 8. The number of hydrogen-bond donors (Lipinski definition) is 1. The van der Waals surface area contributed by atoms with E-state index in [1.807, 2.05) is 39.0 Å². The van der Waals surface area contributed by atoms with Crippen LogP contribution in [0.3, 0.4) is 0 Å². The van der Waals surface area contributed by atoms with Crippen LogP contribution in [0.5, 0.6) is 11.5 Å². The SMILES string of the molecule is CCCOc1ccc(N2C(=O)NC(=O)/C(=C/c3ccccc3OCc3cc(C)cc(C)c3)C2=O)cc1. The normalized spacial score (nSPS) is 14.7. The van der Waals surface area contributed by atoms with Crippen LogP contribution < -0.4 is 19.7 Å². The van der Waals surface area contributed by atoms with E-state index < -0.39 is 17.8 Å². The molecule has 36 heavy (non-hydrogen) atoms. The van der Waals surface area contributed by atoms with Gasteiger partial charge < -0.3 is 9.47 Å². The van der Waals surface area contributed by atoms with E-state index in [2.05, 4.69) is 11.4 Å². The molecule has 184 valence electrons. The Hall–Kier alpha value is -4.39. The van der Waals surface area contributed by atoms with Gasteiger partial charge in [0.25, 0.3) is 11.8 Å². The summed E-state index contributed by atoms with van der Waals surface area (Å²) in [6, 6.07) is 19.1. The molecule has 7 heteroatoms. The number of carbonyl (C=O) groups is 3. The summed E-state index contributed by atoms with van der Waals surface area (Å²) in [7, 11) is 0. The Balaban J connectivity index is 1.59. The molecule has 1 heterocycles. The van der Waals surface area contributed by atoms with Gasteiger partial charge in [-0.05, 0) is 62.2 Å². The molecule has 1 N–H and O–H groups in total. The van der Waals surface area contributed by atoms with Crippen molar-refractivity contribution >= 4 is 29.6 Å². The van der Waals surface area contributed by atoms with E-state index in [4.69, 9.17) is 9.47 Å². The van der Waals surface area contributed by atoms with Crippen LogP contribution in [0.4, 0.5) is 10.5 Å². The Kier molecular flexibility index (Phi) is 7.49. The highest BCUT2D eigenvalue weighted by atomic mass is 16.5. The van der Waals surface area contributed by atoms with E-state index in [-0.39, 0.29) is 5.57 Å². The lowest BCUT2D eigenvalue weighted by molar-refractivity contribution is -0.122. The number of para-hydroxylation sites is 1. The second-order valence-corrected chi connectivity index (χ2v) is 8.62. The fourth-order valence-electron chi connectivity index (χ4n) is 4.00. The first-order chi connectivity index (χ1) is 17.4. The van der Waals surface area contributed by atoms with Crippen molar-refractivity contribution in [1.29, 1.82) is 0 Å². The van der Waals surface area contributed by atoms with E-state index in [1.54, 1.807) is 42.5 Å². The lowest BCUT2D eigenvalue weighted by atomic mass is 10.1. The Morgan fingerprint density at radius 3 is 2.28 bits per heavy atom. The second-order valence-electron chi connectivity index (χ2n) is 8.62. The molecule has 0 radical (unpaired) electrons. The van der Waals surface area contributed by atoms with Crippen LogP contribution >= 0.6 is 0 Å². The minimum absolute atomic E-state index is 0.164. The van der Waals surface area contributed by atoms with Crippen molar-refractivity contribution in [2.75, 3.05) is 11.5 Å². The number of anilines is 1. The summed E-state index contributed by atoms with van der Waals surface area (Å²) in [6.45, 7) is 6.96. The number of carbonyl (C=O) groups excluding carboxylic acids is 3. The van der Waals surface area contributed by atoms with Crippen molar-refractivity contribution in [3.05, 3.63) is 94.6 Å². The predicted molar refractivity (Wildman–Crippen MR) is 138 cm³/mol. The Morgan fingerprint density at radius 2 is 1.58 bits per heavy atom. The third-order valence-electron chi connectivity index (χ3n) is 5.56. The van der Waals surface area contributed by atoms with Gasteiger partial charge in [0, 0.05) is 5.56 Å². The minimum Gasteiger partial charge on any atom is -0.494 e. The first kappa shape index (κ1) is 24.7. The molecule has 1 aliphatic heterocycles. The minimum atomic E-state index is -0.802. The maximum Gasteiger partial charge on any atom is 0.335 e. The van der Waals surface area contributed by atoms with Crippen LogP contribution in [-0.4, -0.2) is 24.5 Å². The molecule has 0 aliphatic carbocycles. The molecule has 1 fully saturated rings. The number of imide groups is 2. The van der Waals surface area contributed by atoms with Crippen molar-refractivity contribution in [3.8, 4) is 11.5 Å². The molecule has 0 unspecified atom stereocenters. The summed E-state index contributed by atoms with van der Waals surface area (Å²) in [6.07, 6.45) is 2.31. The molecule has 3 aromatic rings. The van der Waals surface area contributed by atoms with E-state index >= 15 is 0 Å². The molecular formula is C29H28N2O5. The number of urea groups is 1. The lowest BCUT2D eigenvalue weighted by Crippen LogP contribution is -2.54. The Labute approximate surface area is 210 Å². The monoisotopic (exact) mass is 484 g/mol. The molecular weight excluding hydrogens is 456 g/mol. The van der Waals surface area contributed by atoms with Gasteiger partial charge in [0.05, 0.1) is 12.3 Å². The number of barbiturate groups is 1. The van der Waals surface area contributed by atoms with Gasteiger partial charge in [-0.1, -0.05) is 54.4 Å². The van der Waals surface area contributed by atoms with Crippen LogP contribution in [0.2, 0.25) is 0 Å². The molecule has 0 aromatic heterocycles. The van der Waals surface area contributed by atoms with Crippen LogP contribution in [-0.2, 0) is 16.2 Å². The first-order valence-electron chi connectivity index (χ1n) is 11.8. The fourth-order valence-corrected chi connectivity index (χ4v) is 4.00. The smallest absolute Gasteiger partial charge is 0.335 e. The fraction of sp³-hybridized carbons (Fsp3) is 0.207. The van der Waals surface area contributed by atoms with Gasteiger partial charge >= 0.3 is 6.03 Å². The molecule has 0 bridgehead atoms. The van der Waals surface area contributed by atoms with E-state index in [0.717, 1.165) is 28.0 Å². The van der Waals surface area contributed by atoms with Gasteiger partial charge in [-0.15, -0.1) is 0 Å². The van der Waals surface area contributed by atoms with Gasteiger partial charge in [-0.25, -0.2) is 9.69 Å². The number of nitrogens with zero attached hydrogens (tertiary/aromatic N) is 1. The van der Waals surface area contributed by atoms with Gasteiger partial charge in [-0.3, -0.25) is 14.9 Å². The number of ether oxygens (including phenoxy) is 2. The molecule has 0 saturated carbocycles. The maximum atomic E-state index is 13.3. The zero-order valence-corrected chi connectivity index (χ0v) is 20.5. The molecule has 0 spiro atoms. The quantitative estimate of drug-likeness (QED) is 0.345. The van der Waals surface area contributed by atoms with Gasteiger partial charge in [-0.2, -0.15) is 0 Å². The van der Waals surface area contributed by atoms with Crippen LogP contribution in [0.25, 0.3) is 6.08 Å². The van der Waals surface area contributed by atoms with Crippen LogP contribution in [0, 0.1) is 13.8 Å². The van der Waals surface area contributed by atoms with Crippen molar-refractivity contribution in [3.63, 3.8) is 0 Å². The van der Waals surface area contributed by atoms with Crippen molar-refractivity contribution in [1.82, 2.24) is 5.32 Å². The molecule has 1 saturated heterocycles. The zero-order chi connectivity index (χ0) is 25.7. The predicted octanol–water partition coefficient (Wildman–Crippen LogP) is 5.34. The lowest BCUT2D eigenvalue weighted by Gasteiger charge is -2.26. The molecule has 7 nitrogen and oxygen atoms in total. The first-order valence-corrected chi connectivity index (χ1v) is 11.8. The summed E-state index contributed by atoms with van der Waals surface area (Å²) >= 11 is 0. The van der Waals surface area contributed by atoms with Gasteiger partial charge in [0.1, 0.15) is 23.7 Å². The number of aryl methyl sites for hydroxylation is 2. The number of benzene rings is 3. The Morgan fingerprint density at radius 1 is 0.889 bits per heavy atom. The van der Waals surface area contributed by atoms with Crippen LogP contribution in [0.15, 0.2) is 72.3 Å². The van der Waals surface area contributed by atoms with Gasteiger partial charge in [0.2, 0.25) is 0 Å². The summed E-state index contributed by atoms with van der Waals surface area (Å²) < 4.78 is 11.6. The number of hydrogen-bond acceptors (Lipinski definition) is 5. The highest BCUT2D eigenvalue weighted by molar-refractivity contribution is 6.39. The van der Waals surface area contributed by atoms with Crippen molar-refractivity contribution in [2.45, 2.75) is 33.8 Å². The molecule has 3 aromatic carbocycles. The summed E-state index contributed by atoms with van der Waals surface area (Å²) in [4.78, 5) is 39.4. The van der Waals surface area contributed by atoms with Crippen molar-refractivity contribution in [2.24, 2.45) is 0 Å². The summed E-state index contributed by atoms with van der Waals surface area (Å²) in [5.41, 5.74) is 4.02. The topological polar surface area (TPSA) is 84.9 Å². The molecule has 0 atom stereocenters. The summed E-state index contributed by atoms with van der Waals surface area (Å²) in [5, 5.41) is 2.25. The molecule has 1 aliphatic rings. The zero-order valence-electron chi connectivity index (χ0n) is 20.5. The standard InChI is InChI=1S/C29H28N2O5/c1-4-13-35-24-11-9-23(10-12-24)31-28(33)25(27(32)30-29(31)34)17-22-7-5-6-8-26(22)36-18-21-15-19(2)14-20(3)16-21/h5-12,14-17H,4,13,18H2,1-3H3,(H,30,32,34)/b25-17-. The third kappa shape index (κ3) is 5.63.